The highest BCUT2D eigenvalue weighted by Crippen LogP contribution is 2.16. The Morgan fingerprint density at radius 1 is 0.875 bits per heavy atom. The number of carbonyl (C=O) groups excluding carboxylic acids is 1. The Hall–Kier alpha value is -2.13. The number of halogens is 1. The van der Waals surface area contributed by atoms with Crippen LogP contribution in [0.4, 0.5) is 5.69 Å². The van der Waals surface area contributed by atoms with E-state index in [0.29, 0.717) is 0 Å². The number of carbonyl (C=O) groups is 1. The van der Waals surface area contributed by atoms with Crippen molar-refractivity contribution in [3.8, 4) is 0 Å². The monoisotopic (exact) mass is 383 g/mol. The normalized spacial score (nSPS) is 11.3. The van der Waals surface area contributed by atoms with Gasteiger partial charge in [-0.1, -0.05) is 52.3 Å². The average Bonchev–Trinajstić information content (AvgIpc) is 2.61. The van der Waals surface area contributed by atoms with Gasteiger partial charge in [0.25, 0.3) is 0 Å². The number of allylic oxidation sites excluding steroid dienone is 2. The molecule has 0 atom stereocenters. The molecule has 0 bridgehead atoms. The van der Waals surface area contributed by atoms with E-state index in [1.807, 2.05) is 48.6 Å². The molecule has 0 aliphatic rings. The van der Waals surface area contributed by atoms with Gasteiger partial charge in [0.1, 0.15) is 0 Å². The van der Waals surface area contributed by atoms with E-state index in [1.54, 1.807) is 12.2 Å². The zero-order chi connectivity index (χ0) is 17.4. The lowest BCUT2D eigenvalue weighted by atomic mass is 10.1. The molecule has 0 saturated carbocycles. The highest BCUT2D eigenvalue weighted by molar-refractivity contribution is 9.10. The zero-order valence-electron chi connectivity index (χ0n) is 14.1. The maximum absolute atomic E-state index is 11.9. The molecule has 2 aromatic carbocycles. The average molecular weight is 384 g/mol. The number of benzene rings is 2. The molecule has 0 radical (unpaired) electrons. The van der Waals surface area contributed by atoms with E-state index in [9.17, 15) is 4.79 Å². The van der Waals surface area contributed by atoms with Crippen LogP contribution in [0.5, 0.6) is 0 Å². The van der Waals surface area contributed by atoms with Gasteiger partial charge in [-0.15, -0.1) is 0 Å². The van der Waals surface area contributed by atoms with Crippen molar-refractivity contribution in [1.82, 2.24) is 0 Å². The number of anilines is 1. The molecule has 0 unspecified atom stereocenters. The van der Waals surface area contributed by atoms with Crippen LogP contribution >= 0.6 is 15.9 Å². The Bertz CT molecular complexity index is 711. The minimum atomic E-state index is -0.0225. The fraction of sp³-hybridized carbons (Fsp3) is 0.190. The number of rotatable bonds is 7. The Balaban J connectivity index is 1.97. The van der Waals surface area contributed by atoms with Crippen molar-refractivity contribution < 1.29 is 4.79 Å². The van der Waals surface area contributed by atoms with Crippen LogP contribution in [0.2, 0.25) is 0 Å². The molecule has 2 aromatic rings. The van der Waals surface area contributed by atoms with Crippen LogP contribution < -0.4 is 4.90 Å². The molecule has 24 heavy (non-hydrogen) atoms. The smallest absolute Gasteiger partial charge is 0.178 e. The number of nitrogens with zero attached hydrogens (tertiary/aromatic N) is 1. The number of hydrogen-bond donors (Lipinski definition) is 0. The van der Waals surface area contributed by atoms with Crippen molar-refractivity contribution in [1.29, 1.82) is 0 Å². The lowest BCUT2D eigenvalue weighted by molar-refractivity contribution is -0.110. The van der Waals surface area contributed by atoms with Gasteiger partial charge in [-0.05, 0) is 61.4 Å². The van der Waals surface area contributed by atoms with E-state index in [0.717, 1.165) is 28.7 Å². The van der Waals surface area contributed by atoms with Gasteiger partial charge < -0.3 is 4.90 Å². The van der Waals surface area contributed by atoms with Crippen molar-refractivity contribution in [3.05, 3.63) is 76.3 Å². The van der Waals surface area contributed by atoms with Crippen molar-refractivity contribution in [2.45, 2.75) is 13.8 Å². The van der Waals surface area contributed by atoms with Crippen LogP contribution in [0.3, 0.4) is 0 Å². The molecule has 0 N–H and O–H groups in total. The molecule has 0 heterocycles. The largest absolute Gasteiger partial charge is 0.372 e. The molecule has 0 amide bonds. The van der Waals surface area contributed by atoms with Crippen molar-refractivity contribution >= 4 is 39.6 Å². The standard InChI is InChI=1S/C21H22BrNO/c1-3-23(4-2)20-13-7-18(8-14-20)10-16-21(24)15-9-17-5-11-19(22)12-6-17/h5-16H,3-4H2,1-2H3. The van der Waals surface area contributed by atoms with Crippen molar-refractivity contribution in [2.24, 2.45) is 0 Å². The molecular formula is C21H22BrNO. The molecule has 124 valence electrons. The van der Waals surface area contributed by atoms with E-state index in [2.05, 4.69) is 46.8 Å². The van der Waals surface area contributed by atoms with Gasteiger partial charge in [-0.25, -0.2) is 0 Å². The summed E-state index contributed by atoms with van der Waals surface area (Å²) in [6.45, 7) is 6.28. The first-order chi connectivity index (χ1) is 11.6. The molecular weight excluding hydrogens is 362 g/mol. The Morgan fingerprint density at radius 2 is 1.33 bits per heavy atom. The Morgan fingerprint density at radius 3 is 1.79 bits per heavy atom. The first kappa shape index (κ1) is 18.2. The molecule has 0 aliphatic heterocycles. The summed E-state index contributed by atoms with van der Waals surface area (Å²) in [6, 6.07) is 16.1. The highest BCUT2D eigenvalue weighted by Gasteiger charge is 2.00. The predicted octanol–water partition coefficient (Wildman–Crippen LogP) is 5.59. The summed E-state index contributed by atoms with van der Waals surface area (Å²) in [5.41, 5.74) is 3.23. The third-order valence-electron chi connectivity index (χ3n) is 3.77. The van der Waals surface area contributed by atoms with Crippen molar-refractivity contribution in [2.75, 3.05) is 18.0 Å². The zero-order valence-corrected chi connectivity index (χ0v) is 15.7. The fourth-order valence-electron chi connectivity index (χ4n) is 2.37. The summed E-state index contributed by atoms with van der Waals surface area (Å²) >= 11 is 3.39. The molecule has 0 aliphatic carbocycles. The second-order valence-corrected chi connectivity index (χ2v) is 6.30. The minimum absolute atomic E-state index is 0.0225. The van der Waals surface area contributed by atoms with Gasteiger partial charge in [0, 0.05) is 23.2 Å². The lowest BCUT2D eigenvalue weighted by Gasteiger charge is -2.20. The Kier molecular flexibility index (Phi) is 7.01. The lowest BCUT2D eigenvalue weighted by Crippen LogP contribution is -2.21. The molecule has 2 nitrogen and oxygen atoms in total. The summed E-state index contributed by atoms with van der Waals surface area (Å²) in [4.78, 5) is 14.2. The van der Waals surface area contributed by atoms with Crippen LogP contribution in [0, 0.1) is 0 Å². The van der Waals surface area contributed by atoms with Gasteiger partial charge in [0.2, 0.25) is 0 Å². The van der Waals surface area contributed by atoms with E-state index in [-0.39, 0.29) is 5.78 Å². The SMILES string of the molecule is CCN(CC)c1ccc(C=CC(=O)C=Cc2ccc(Br)cc2)cc1. The first-order valence-corrected chi connectivity index (χ1v) is 8.92. The summed E-state index contributed by atoms with van der Waals surface area (Å²) in [5.74, 6) is -0.0225. The molecule has 0 aromatic heterocycles. The Labute approximate surface area is 152 Å². The molecule has 0 fully saturated rings. The van der Waals surface area contributed by atoms with E-state index < -0.39 is 0 Å². The molecule has 0 spiro atoms. The molecule has 0 saturated heterocycles. The number of ketones is 1. The van der Waals surface area contributed by atoms with Crippen LogP contribution in [-0.2, 0) is 4.79 Å². The topological polar surface area (TPSA) is 20.3 Å². The van der Waals surface area contributed by atoms with Gasteiger partial charge in [0.05, 0.1) is 0 Å². The third-order valence-corrected chi connectivity index (χ3v) is 4.30. The third kappa shape index (κ3) is 5.50. The van der Waals surface area contributed by atoms with Crippen LogP contribution in [0.25, 0.3) is 12.2 Å². The summed E-state index contributed by atoms with van der Waals surface area (Å²) in [5, 5.41) is 0. The maximum atomic E-state index is 11.9. The van der Waals surface area contributed by atoms with Gasteiger partial charge in [-0.3, -0.25) is 4.79 Å². The van der Waals surface area contributed by atoms with E-state index >= 15 is 0 Å². The van der Waals surface area contributed by atoms with E-state index in [1.165, 1.54) is 5.69 Å². The summed E-state index contributed by atoms with van der Waals surface area (Å²) < 4.78 is 1.03. The maximum Gasteiger partial charge on any atom is 0.178 e. The predicted molar refractivity (Wildman–Crippen MR) is 107 cm³/mol. The van der Waals surface area contributed by atoms with Crippen molar-refractivity contribution in [3.63, 3.8) is 0 Å². The summed E-state index contributed by atoms with van der Waals surface area (Å²) in [7, 11) is 0. The highest BCUT2D eigenvalue weighted by atomic mass is 79.9. The van der Waals surface area contributed by atoms with Gasteiger partial charge in [-0.2, -0.15) is 0 Å². The van der Waals surface area contributed by atoms with Gasteiger partial charge >= 0.3 is 0 Å². The van der Waals surface area contributed by atoms with E-state index in [4.69, 9.17) is 0 Å². The quantitative estimate of drug-likeness (QED) is 0.580. The first-order valence-electron chi connectivity index (χ1n) is 8.13. The van der Waals surface area contributed by atoms with Crippen LogP contribution in [0.1, 0.15) is 25.0 Å². The van der Waals surface area contributed by atoms with Crippen LogP contribution in [-0.4, -0.2) is 18.9 Å². The second-order valence-electron chi connectivity index (χ2n) is 5.38. The summed E-state index contributed by atoms with van der Waals surface area (Å²) in [6.07, 6.45) is 6.86. The number of hydrogen-bond acceptors (Lipinski definition) is 2. The molecule has 3 heteroatoms. The fourth-order valence-corrected chi connectivity index (χ4v) is 2.64. The molecule has 2 rings (SSSR count). The van der Waals surface area contributed by atoms with Crippen LogP contribution in [0.15, 0.2) is 65.2 Å². The second kappa shape index (κ2) is 9.24. The van der Waals surface area contributed by atoms with Gasteiger partial charge in [0.15, 0.2) is 5.78 Å². The minimum Gasteiger partial charge on any atom is -0.372 e.